The molecule has 1 aromatic rings. The molecule has 0 N–H and O–H groups in total. The van der Waals surface area contributed by atoms with Crippen LogP contribution in [0.1, 0.15) is 18.5 Å². The van der Waals surface area contributed by atoms with Gasteiger partial charge in [-0.3, -0.25) is 14.7 Å². The minimum absolute atomic E-state index is 0.0554. The number of carbonyl (C=O) groups excluding carboxylic acids is 1. The minimum Gasteiger partial charge on any atom is -0.340 e. The summed E-state index contributed by atoms with van der Waals surface area (Å²) in [5.74, 6) is -0.0554. The third-order valence-electron chi connectivity index (χ3n) is 3.67. The fraction of sp³-hybridized carbons (Fsp3) is 0.556. The molecule has 0 saturated heterocycles. The number of pyridine rings is 1. The Morgan fingerprint density at radius 3 is 2.28 bits per heavy atom. The van der Waals surface area contributed by atoms with E-state index in [0.29, 0.717) is 19.6 Å². The number of amides is 1. The highest BCUT2D eigenvalue weighted by atomic mass is 16.2. The first-order chi connectivity index (χ1) is 12.1. The largest absolute Gasteiger partial charge is 0.340 e. The van der Waals surface area contributed by atoms with E-state index < -0.39 is 0 Å². The van der Waals surface area contributed by atoms with Crippen molar-refractivity contribution in [3.05, 3.63) is 30.1 Å². The zero-order chi connectivity index (χ0) is 18.5. The van der Waals surface area contributed by atoms with Crippen molar-refractivity contribution in [2.75, 3.05) is 46.8 Å². The molecule has 1 heterocycles. The Bertz CT molecular complexity index is 572. The first-order valence-corrected chi connectivity index (χ1v) is 8.35. The molecule has 0 fully saturated rings. The van der Waals surface area contributed by atoms with Gasteiger partial charge in [-0.1, -0.05) is 6.07 Å². The van der Waals surface area contributed by atoms with Gasteiger partial charge in [-0.2, -0.15) is 10.5 Å². The van der Waals surface area contributed by atoms with Crippen LogP contribution in [0.4, 0.5) is 0 Å². The number of likely N-dealkylation sites (N-methyl/N-ethyl adjacent to an activating group) is 1. The fourth-order valence-corrected chi connectivity index (χ4v) is 2.30. The average molecular weight is 342 g/mol. The molecule has 0 aliphatic carbocycles. The number of nitrogens with zero attached hydrogens (tertiary/aromatic N) is 6. The molecule has 0 saturated carbocycles. The highest BCUT2D eigenvalue weighted by molar-refractivity contribution is 5.78. The molecule has 0 unspecified atom stereocenters. The lowest BCUT2D eigenvalue weighted by Crippen LogP contribution is -2.43. The topological polar surface area (TPSA) is 87.3 Å². The van der Waals surface area contributed by atoms with Crippen molar-refractivity contribution in [2.45, 2.75) is 19.4 Å². The van der Waals surface area contributed by atoms with E-state index in [-0.39, 0.29) is 25.3 Å². The molecule has 0 radical (unpaired) electrons. The molecular formula is C18H26N6O. The van der Waals surface area contributed by atoms with Gasteiger partial charge in [-0.15, -0.1) is 0 Å². The molecule has 1 amide bonds. The Morgan fingerprint density at radius 2 is 1.76 bits per heavy atom. The van der Waals surface area contributed by atoms with Crippen LogP contribution in [0, 0.1) is 22.7 Å². The Balaban J connectivity index is 2.73. The van der Waals surface area contributed by atoms with Gasteiger partial charge in [-0.25, -0.2) is 0 Å². The van der Waals surface area contributed by atoms with Crippen LogP contribution in [0.15, 0.2) is 24.4 Å². The first-order valence-electron chi connectivity index (χ1n) is 8.35. The highest BCUT2D eigenvalue weighted by Crippen LogP contribution is 2.04. The maximum absolute atomic E-state index is 12.6. The van der Waals surface area contributed by atoms with Gasteiger partial charge in [-0.05, 0) is 26.2 Å². The van der Waals surface area contributed by atoms with Crippen molar-refractivity contribution in [2.24, 2.45) is 0 Å². The second-order valence-electron chi connectivity index (χ2n) is 6.03. The van der Waals surface area contributed by atoms with Crippen LogP contribution in [-0.4, -0.2) is 72.4 Å². The summed E-state index contributed by atoms with van der Waals surface area (Å²) >= 11 is 0. The Labute approximate surface area is 150 Å². The summed E-state index contributed by atoms with van der Waals surface area (Å²) in [6.45, 7) is 3.13. The van der Waals surface area contributed by atoms with E-state index in [2.05, 4.69) is 26.9 Å². The van der Waals surface area contributed by atoms with Gasteiger partial charge in [0.1, 0.15) is 0 Å². The fourth-order valence-electron chi connectivity index (χ4n) is 2.30. The summed E-state index contributed by atoms with van der Waals surface area (Å²) in [6.07, 6.45) is 2.29. The lowest BCUT2D eigenvalue weighted by molar-refractivity contribution is -0.132. The van der Waals surface area contributed by atoms with E-state index in [4.69, 9.17) is 10.5 Å². The van der Waals surface area contributed by atoms with Gasteiger partial charge in [0.15, 0.2) is 0 Å². The second-order valence-corrected chi connectivity index (χ2v) is 6.03. The molecule has 0 aromatic carbocycles. The van der Waals surface area contributed by atoms with Crippen molar-refractivity contribution in [3.63, 3.8) is 0 Å². The minimum atomic E-state index is -0.0554. The zero-order valence-corrected chi connectivity index (χ0v) is 15.1. The average Bonchev–Trinajstić information content (AvgIpc) is 2.60. The normalized spacial score (nSPS) is 10.5. The van der Waals surface area contributed by atoms with Gasteiger partial charge in [0.2, 0.25) is 5.91 Å². The number of carbonyl (C=O) groups is 1. The van der Waals surface area contributed by atoms with Gasteiger partial charge in [0, 0.05) is 38.9 Å². The SMILES string of the molecule is CN(C)CCN(CC(=O)N(CCC#N)CCC#N)Cc1ccccn1. The Hall–Kier alpha value is -2.48. The molecule has 7 heteroatoms. The quantitative estimate of drug-likeness (QED) is 0.598. The monoisotopic (exact) mass is 342 g/mol. The van der Waals surface area contributed by atoms with Crippen molar-refractivity contribution < 1.29 is 4.79 Å². The number of rotatable bonds is 11. The third kappa shape index (κ3) is 8.80. The van der Waals surface area contributed by atoms with E-state index >= 15 is 0 Å². The first kappa shape index (κ1) is 20.6. The van der Waals surface area contributed by atoms with Crippen LogP contribution >= 0.6 is 0 Å². The van der Waals surface area contributed by atoms with Crippen LogP contribution in [-0.2, 0) is 11.3 Å². The molecular weight excluding hydrogens is 316 g/mol. The molecule has 0 aliphatic rings. The van der Waals surface area contributed by atoms with Crippen LogP contribution in [0.25, 0.3) is 0 Å². The molecule has 25 heavy (non-hydrogen) atoms. The van der Waals surface area contributed by atoms with E-state index in [1.165, 1.54) is 0 Å². The standard InChI is InChI=1S/C18H26N6O/c1-22(2)13-14-23(15-17-7-3-4-10-21-17)16-18(25)24(11-5-8-19)12-6-9-20/h3-4,7,10H,5-6,11-16H2,1-2H3. The van der Waals surface area contributed by atoms with Crippen molar-refractivity contribution in [3.8, 4) is 12.1 Å². The second kappa shape index (κ2) is 12.0. The summed E-state index contributed by atoms with van der Waals surface area (Å²) in [4.78, 5) is 22.7. The lowest BCUT2D eigenvalue weighted by Gasteiger charge is -2.27. The Morgan fingerprint density at radius 1 is 1.08 bits per heavy atom. The number of hydrogen-bond donors (Lipinski definition) is 0. The van der Waals surface area contributed by atoms with Crippen LogP contribution in [0.3, 0.4) is 0 Å². The molecule has 0 bridgehead atoms. The highest BCUT2D eigenvalue weighted by Gasteiger charge is 2.18. The van der Waals surface area contributed by atoms with Gasteiger partial charge < -0.3 is 9.80 Å². The number of hydrogen-bond acceptors (Lipinski definition) is 6. The molecule has 0 aliphatic heterocycles. The van der Waals surface area contributed by atoms with Crippen LogP contribution in [0.2, 0.25) is 0 Å². The van der Waals surface area contributed by atoms with Crippen LogP contribution in [0.5, 0.6) is 0 Å². The molecule has 0 atom stereocenters. The van der Waals surface area contributed by atoms with Gasteiger partial charge in [0.05, 0.1) is 37.2 Å². The number of nitriles is 2. The summed E-state index contributed by atoms with van der Waals surface area (Å²) in [5.41, 5.74) is 0.912. The third-order valence-corrected chi connectivity index (χ3v) is 3.67. The smallest absolute Gasteiger partial charge is 0.236 e. The van der Waals surface area contributed by atoms with E-state index in [0.717, 1.165) is 18.8 Å². The van der Waals surface area contributed by atoms with Crippen molar-refractivity contribution in [1.82, 2.24) is 19.7 Å². The lowest BCUT2D eigenvalue weighted by atomic mass is 10.3. The summed E-state index contributed by atoms with van der Waals surface area (Å²) < 4.78 is 0. The maximum atomic E-state index is 12.6. The van der Waals surface area contributed by atoms with Crippen LogP contribution < -0.4 is 0 Å². The van der Waals surface area contributed by atoms with Crippen molar-refractivity contribution in [1.29, 1.82) is 10.5 Å². The van der Waals surface area contributed by atoms with Gasteiger partial charge in [0.25, 0.3) is 0 Å². The van der Waals surface area contributed by atoms with Crippen molar-refractivity contribution >= 4 is 5.91 Å². The van der Waals surface area contributed by atoms with E-state index in [9.17, 15) is 4.79 Å². The Kier molecular flexibility index (Phi) is 9.84. The molecule has 1 rings (SSSR count). The van der Waals surface area contributed by atoms with E-state index in [1.807, 2.05) is 32.3 Å². The summed E-state index contributed by atoms with van der Waals surface area (Å²) in [7, 11) is 3.99. The molecule has 1 aromatic heterocycles. The zero-order valence-electron chi connectivity index (χ0n) is 15.1. The predicted molar refractivity (Wildman–Crippen MR) is 95.1 cm³/mol. The maximum Gasteiger partial charge on any atom is 0.236 e. The summed E-state index contributed by atoms with van der Waals surface area (Å²) in [6, 6.07) is 9.85. The molecule has 0 spiro atoms. The molecule has 134 valence electrons. The molecule has 7 nitrogen and oxygen atoms in total. The predicted octanol–water partition coefficient (Wildman–Crippen LogP) is 1.10. The van der Waals surface area contributed by atoms with Gasteiger partial charge >= 0.3 is 0 Å². The number of aromatic nitrogens is 1. The van der Waals surface area contributed by atoms with E-state index in [1.54, 1.807) is 11.1 Å². The summed E-state index contributed by atoms with van der Waals surface area (Å²) in [5, 5.41) is 17.5.